The molecule has 35 heavy (non-hydrogen) atoms. The highest BCUT2D eigenvalue weighted by molar-refractivity contribution is 6.30. The number of rotatable bonds is 6. The second kappa shape index (κ2) is 9.50. The fourth-order valence-electron chi connectivity index (χ4n) is 4.08. The van der Waals surface area contributed by atoms with Crippen LogP contribution < -0.4 is 10.9 Å². The van der Waals surface area contributed by atoms with E-state index in [1.54, 1.807) is 29.2 Å². The predicted octanol–water partition coefficient (Wildman–Crippen LogP) is 2.63. The maximum atomic E-state index is 13.3. The first-order valence-electron chi connectivity index (χ1n) is 11.0. The minimum atomic E-state index is -0.641. The number of likely N-dealkylation sites (tertiary alicyclic amines) is 1. The average Bonchev–Trinajstić information content (AvgIpc) is 2.82. The molecule has 9 nitrogen and oxygen atoms in total. The van der Waals surface area contributed by atoms with Crippen LogP contribution in [0.1, 0.15) is 40.1 Å². The molecule has 0 saturated carbocycles. The number of aromatic nitrogens is 2. The first-order valence-corrected chi connectivity index (χ1v) is 11.4. The number of ether oxygens (including phenoxy) is 1. The van der Waals surface area contributed by atoms with Gasteiger partial charge in [0.2, 0.25) is 5.91 Å². The lowest BCUT2D eigenvalue weighted by Crippen LogP contribution is -2.56. The van der Waals surface area contributed by atoms with E-state index < -0.39 is 17.4 Å². The third-order valence-corrected chi connectivity index (χ3v) is 6.09. The van der Waals surface area contributed by atoms with Crippen LogP contribution in [-0.4, -0.2) is 52.4 Å². The Balaban J connectivity index is 1.69. The fourth-order valence-corrected chi connectivity index (χ4v) is 4.21. The number of hydrogen-bond acceptors (Lipinski definition) is 6. The molecule has 1 aliphatic heterocycles. The van der Waals surface area contributed by atoms with Gasteiger partial charge in [-0.2, -0.15) is 0 Å². The molecular formula is C25H25ClN4O5. The number of methoxy groups -OCH3 is 1. The topological polar surface area (TPSA) is 111 Å². The van der Waals surface area contributed by atoms with Gasteiger partial charge in [-0.25, -0.2) is 9.78 Å². The lowest BCUT2D eigenvalue weighted by atomic mass is 9.84. The summed E-state index contributed by atoms with van der Waals surface area (Å²) in [6.07, 6.45) is 1.28. The lowest BCUT2D eigenvalue weighted by molar-refractivity contribution is -0.142. The Morgan fingerprint density at radius 2 is 1.83 bits per heavy atom. The Morgan fingerprint density at radius 1 is 1.14 bits per heavy atom. The molecule has 0 unspecified atom stereocenters. The summed E-state index contributed by atoms with van der Waals surface area (Å²) in [6, 6.07) is 9.80. The van der Waals surface area contributed by atoms with Crippen LogP contribution in [-0.2, 0) is 22.6 Å². The van der Waals surface area contributed by atoms with Gasteiger partial charge >= 0.3 is 5.97 Å². The molecule has 0 radical (unpaired) electrons. The molecule has 1 saturated heterocycles. The molecule has 1 aromatic carbocycles. The van der Waals surface area contributed by atoms with Crippen LogP contribution in [0.15, 0.2) is 47.4 Å². The number of pyridine rings is 2. The smallest absolute Gasteiger partial charge is 0.339 e. The maximum Gasteiger partial charge on any atom is 0.339 e. The molecule has 3 aromatic rings. The summed E-state index contributed by atoms with van der Waals surface area (Å²) >= 11 is 5.90. The minimum Gasteiger partial charge on any atom is -0.465 e. The first kappa shape index (κ1) is 24.4. The number of fused-ring (bicyclic) bond motifs is 1. The van der Waals surface area contributed by atoms with E-state index in [1.165, 1.54) is 30.0 Å². The summed E-state index contributed by atoms with van der Waals surface area (Å²) in [6.45, 7) is 5.18. The predicted molar refractivity (Wildman–Crippen MR) is 130 cm³/mol. The fraction of sp³-hybridized carbons (Fsp3) is 0.320. The van der Waals surface area contributed by atoms with Crippen molar-refractivity contribution in [3.8, 4) is 0 Å². The molecular weight excluding hydrogens is 472 g/mol. The van der Waals surface area contributed by atoms with E-state index in [1.807, 2.05) is 0 Å². The van der Waals surface area contributed by atoms with Crippen LogP contribution in [0.5, 0.6) is 0 Å². The summed E-state index contributed by atoms with van der Waals surface area (Å²) < 4.78 is 5.94. The Morgan fingerprint density at radius 3 is 2.46 bits per heavy atom. The standard InChI is InChI=1S/C25H25ClN4O5/c1-25(2)13-29(14-25)20(31)12-30-21-16(8-17(11-27-21)24(34)35-3)9-19(23(30)33)22(32)28-10-15-4-6-18(26)7-5-15/h4-9,11H,10,12-14H2,1-3H3,(H,28,32). The zero-order valence-corrected chi connectivity index (χ0v) is 20.4. The van der Waals surface area contributed by atoms with E-state index in [0.29, 0.717) is 23.5 Å². The second-order valence-corrected chi connectivity index (χ2v) is 9.74. The van der Waals surface area contributed by atoms with E-state index in [2.05, 4.69) is 24.1 Å². The highest BCUT2D eigenvalue weighted by Crippen LogP contribution is 2.28. The van der Waals surface area contributed by atoms with Gasteiger partial charge in [-0.1, -0.05) is 37.6 Å². The van der Waals surface area contributed by atoms with E-state index >= 15 is 0 Å². The Bertz CT molecular complexity index is 1370. The van der Waals surface area contributed by atoms with Crippen molar-refractivity contribution in [2.75, 3.05) is 20.2 Å². The summed E-state index contributed by atoms with van der Waals surface area (Å²) in [5.74, 6) is -1.46. The molecule has 2 aromatic heterocycles. The molecule has 2 amide bonds. The van der Waals surface area contributed by atoms with Gasteiger partial charge in [0.25, 0.3) is 11.5 Å². The summed E-state index contributed by atoms with van der Waals surface area (Å²) in [4.78, 5) is 57.1. The molecule has 182 valence electrons. The number of benzene rings is 1. The van der Waals surface area contributed by atoms with Gasteiger partial charge in [-0.05, 0) is 35.2 Å². The molecule has 4 rings (SSSR count). The van der Waals surface area contributed by atoms with Gasteiger partial charge in [-0.3, -0.25) is 19.0 Å². The van der Waals surface area contributed by atoms with Crippen molar-refractivity contribution < 1.29 is 19.1 Å². The molecule has 0 spiro atoms. The molecule has 10 heteroatoms. The van der Waals surface area contributed by atoms with Gasteiger partial charge in [0, 0.05) is 36.2 Å². The van der Waals surface area contributed by atoms with Gasteiger partial charge in [0.1, 0.15) is 17.8 Å². The number of nitrogens with one attached hydrogen (secondary N) is 1. The molecule has 0 bridgehead atoms. The van der Waals surface area contributed by atoms with Crippen LogP contribution in [0.25, 0.3) is 11.0 Å². The molecule has 1 aliphatic rings. The zero-order chi connectivity index (χ0) is 25.3. The van der Waals surface area contributed by atoms with Crippen molar-refractivity contribution >= 4 is 40.4 Å². The van der Waals surface area contributed by atoms with Crippen LogP contribution in [0.4, 0.5) is 0 Å². The molecule has 3 heterocycles. The highest BCUT2D eigenvalue weighted by Gasteiger charge is 2.37. The quantitative estimate of drug-likeness (QED) is 0.525. The van der Waals surface area contributed by atoms with Crippen molar-refractivity contribution in [3.05, 3.63) is 74.7 Å². The van der Waals surface area contributed by atoms with Crippen molar-refractivity contribution in [2.45, 2.75) is 26.9 Å². The normalized spacial score (nSPS) is 14.3. The van der Waals surface area contributed by atoms with Crippen molar-refractivity contribution in [1.82, 2.24) is 19.8 Å². The molecule has 1 fully saturated rings. The number of amides is 2. The number of carbonyl (C=O) groups is 3. The van der Waals surface area contributed by atoms with E-state index in [0.717, 1.165) is 5.56 Å². The Kier molecular flexibility index (Phi) is 6.62. The number of esters is 1. The molecule has 0 atom stereocenters. The summed E-state index contributed by atoms with van der Waals surface area (Å²) in [7, 11) is 1.25. The van der Waals surface area contributed by atoms with Gasteiger partial charge < -0.3 is 15.0 Å². The maximum absolute atomic E-state index is 13.3. The highest BCUT2D eigenvalue weighted by atomic mass is 35.5. The molecule has 0 aliphatic carbocycles. The SMILES string of the molecule is COC(=O)c1cnc2c(c1)cc(C(=O)NCc1ccc(Cl)cc1)c(=O)n2CC(=O)N1CC(C)(C)C1. The van der Waals surface area contributed by atoms with Crippen molar-refractivity contribution in [1.29, 1.82) is 0 Å². The zero-order valence-electron chi connectivity index (χ0n) is 19.6. The van der Waals surface area contributed by atoms with Crippen LogP contribution in [0.2, 0.25) is 5.02 Å². The number of carbonyl (C=O) groups excluding carboxylic acids is 3. The molecule has 1 N–H and O–H groups in total. The van der Waals surface area contributed by atoms with E-state index in [-0.39, 0.29) is 41.2 Å². The van der Waals surface area contributed by atoms with Crippen LogP contribution in [0.3, 0.4) is 0 Å². The average molecular weight is 497 g/mol. The van der Waals surface area contributed by atoms with E-state index in [9.17, 15) is 19.2 Å². The third-order valence-electron chi connectivity index (χ3n) is 5.84. The lowest BCUT2D eigenvalue weighted by Gasteiger charge is -2.45. The van der Waals surface area contributed by atoms with Crippen molar-refractivity contribution in [2.24, 2.45) is 5.41 Å². The number of hydrogen-bond donors (Lipinski definition) is 1. The third kappa shape index (κ3) is 5.19. The second-order valence-electron chi connectivity index (χ2n) is 9.30. The number of nitrogens with zero attached hydrogens (tertiary/aromatic N) is 3. The monoisotopic (exact) mass is 496 g/mol. The van der Waals surface area contributed by atoms with Gasteiger partial charge in [-0.15, -0.1) is 0 Å². The Labute approximate surface area is 206 Å². The van der Waals surface area contributed by atoms with Crippen molar-refractivity contribution in [3.63, 3.8) is 0 Å². The van der Waals surface area contributed by atoms with Crippen LogP contribution >= 0.6 is 11.6 Å². The minimum absolute atomic E-state index is 0.0275. The van der Waals surface area contributed by atoms with Crippen LogP contribution in [0, 0.1) is 5.41 Å². The summed E-state index contributed by atoms with van der Waals surface area (Å²) in [5.41, 5.74) is 0.386. The Hall–Kier alpha value is -3.72. The first-order chi connectivity index (χ1) is 16.6. The number of halogens is 1. The largest absolute Gasteiger partial charge is 0.465 e. The van der Waals surface area contributed by atoms with Gasteiger partial charge in [0.15, 0.2) is 0 Å². The van der Waals surface area contributed by atoms with E-state index in [4.69, 9.17) is 16.3 Å². The summed E-state index contributed by atoms with van der Waals surface area (Å²) in [5, 5.41) is 3.66. The van der Waals surface area contributed by atoms with Gasteiger partial charge in [0.05, 0.1) is 12.7 Å².